The van der Waals surface area contributed by atoms with Crippen molar-refractivity contribution in [3.63, 3.8) is 0 Å². The highest BCUT2D eigenvalue weighted by Crippen LogP contribution is 2.18. The maximum atomic E-state index is 12.5. The van der Waals surface area contributed by atoms with Gasteiger partial charge in [0.25, 0.3) is 0 Å². The lowest BCUT2D eigenvalue weighted by Crippen LogP contribution is -2.45. The largest absolute Gasteiger partial charge is 0.466 e. The quantitative estimate of drug-likeness (QED) is 0.0320. The van der Waals surface area contributed by atoms with E-state index in [2.05, 4.69) is 55.6 Å². The van der Waals surface area contributed by atoms with Crippen LogP contribution in [0.1, 0.15) is 354 Å². The van der Waals surface area contributed by atoms with Crippen LogP contribution in [0.3, 0.4) is 0 Å². The number of aliphatic hydroxyl groups is 2. The molecule has 430 valence electrons. The fraction of sp³-hybridized carbons (Fsp3) is 0.881. The van der Waals surface area contributed by atoms with E-state index in [-0.39, 0.29) is 18.5 Å². The van der Waals surface area contributed by atoms with Crippen LogP contribution in [0.4, 0.5) is 0 Å². The second-order valence-corrected chi connectivity index (χ2v) is 22.4. The average Bonchev–Trinajstić information content (AvgIpc) is 3.39. The Kier molecular flexibility index (Phi) is 61.0. The molecule has 6 nitrogen and oxygen atoms in total. The summed E-state index contributed by atoms with van der Waals surface area (Å²) in [6.07, 6.45) is 78.8. The summed E-state index contributed by atoms with van der Waals surface area (Å²) in [5, 5.41) is 23.3. The number of aliphatic hydroxyl groups excluding tert-OH is 2. The first-order valence-corrected chi connectivity index (χ1v) is 32.7. The second-order valence-electron chi connectivity index (χ2n) is 22.4. The Morgan fingerprint density at radius 3 is 1.07 bits per heavy atom. The molecule has 3 N–H and O–H groups in total. The molecular formula is C67H127NO5. The molecule has 0 bridgehead atoms. The zero-order chi connectivity index (χ0) is 52.9. The predicted octanol–water partition coefficient (Wildman–Crippen LogP) is 20.8. The van der Waals surface area contributed by atoms with E-state index in [0.29, 0.717) is 25.9 Å². The summed E-state index contributed by atoms with van der Waals surface area (Å²) in [6, 6.07) is -0.542. The molecule has 0 radical (unpaired) electrons. The van der Waals surface area contributed by atoms with E-state index in [0.717, 1.165) is 51.4 Å². The summed E-state index contributed by atoms with van der Waals surface area (Å²) in [6.45, 7) is 4.94. The molecule has 2 atom stereocenters. The zero-order valence-electron chi connectivity index (χ0n) is 49.1. The lowest BCUT2D eigenvalue weighted by atomic mass is 10.0. The Morgan fingerprint density at radius 2 is 0.685 bits per heavy atom. The summed E-state index contributed by atoms with van der Waals surface area (Å²) < 4.78 is 5.48. The van der Waals surface area contributed by atoms with Crippen LogP contribution in [0.5, 0.6) is 0 Å². The maximum Gasteiger partial charge on any atom is 0.305 e. The van der Waals surface area contributed by atoms with E-state index in [1.165, 1.54) is 270 Å². The van der Waals surface area contributed by atoms with Gasteiger partial charge in [0.15, 0.2) is 0 Å². The molecule has 0 aliphatic carbocycles. The van der Waals surface area contributed by atoms with Gasteiger partial charge in [-0.25, -0.2) is 0 Å². The van der Waals surface area contributed by atoms with Crippen molar-refractivity contribution in [2.45, 2.75) is 366 Å². The molecule has 0 rings (SSSR count). The molecule has 0 spiro atoms. The normalized spacial score (nSPS) is 12.8. The number of ether oxygens (including phenoxy) is 1. The van der Waals surface area contributed by atoms with Crippen molar-refractivity contribution < 1.29 is 24.5 Å². The molecule has 0 aromatic carbocycles. The van der Waals surface area contributed by atoms with Gasteiger partial charge in [-0.2, -0.15) is 0 Å². The van der Waals surface area contributed by atoms with Gasteiger partial charge in [-0.3, -0.25) is 9.59 Å². The number of hydrogen-bond acceptors (Lipinski definition) is 5. The van der Waals surface area contributed by atoms with Crippen molar-refractivity contribution in [1.29, 1.82) is 0 Å². The van der Waals surface area contributed by atoms with Gasteiger partial charge in [0, 0.05) is 12.8 Å². The molecule has 0 saturated carbocycles. The highest BCUT2D eigenvalue weighted by molar-refractivity contribution is 5.76. The number of hydrogen-bond donors (Lipinski definition) is 3. The molecule has 73 heavy (non-hydrogen) atoms. The molecule has 6 heteroatoms. The number of nitrogens with one attached hydrogen (secondary N) is 1. The van der Waals surface area contributed by atoms with Gasteiger partial charge in [-0.1, -0.05) is 294 Å². The number of unbranched alkanes of at least 4 members (excludes halogenated alkanes) is 44. The minimum atomic E-state index is -0.664. The minimum absolute atomic E-state index is 0.00175. The van der Waals surface area contributed by atoms with Crippen LogP contribution in [-0.4, -0.2) is 47.4 Å². The number of amides is 1. The summed E-state index contributed by atoms with van der Waals surface area (Å²) in [4.78, 5) is 24.5. The Bertz CT molecular complexity index is 1180. The molecule has 0 fully saturated rings. The highest BCUT2D eigenvalue weighted by atomic mass is 16.5. The molecule has 1 amide bonds. The Labute approximate surface area is 455 Å². The van der Waals surface area contributed by atoms with Crippen molar-refractivity contribution in [3.05, 3.63) is 36.5 Å². The lowest BCUT2D eigenvalue weighted by Gasteiger charge is -2.22. The molecule has 0 heterocycles. The minimum Gasteiger partial charge on any atom is -0.466 e. The van der Waals surface area contributed by atoms with Crippen molar-refractivity contribution in [2.75, 3.05) is 13.2 Å². The van der Waals surface area contributed by atoms with Gasteiger partial charge in [-0.05, 0) is 83.5 Å². The van der Waals surface area contributed by atoms with E-state index in [9.17, 15) is 19.8 Å². The summed E-state index contributed by atoms with van der Waals surface area (Å²) in [7, 11) is 0. The Hall–Kier alpha value is -1.92. The standard InChI is InChI=1S/C67H127NO5/c1-3-5-7-9-11-13-15-17-18-33-37-41-45-49-53-57-61-67(72)73-62-58-54-50-46-42-38-34-31-29-27-25-23-21-19-20-22-24-26-28-30-32-36-40-44-48-52-56-60-66(71)68-64(63-69)65(70)59-55-51-47-43-39-35-16-14-12-10-8-6-4-2/h13,15,18-20,33,64-65,69-70H,3-12,14,16-17,21-32,34-63H2,1-2H3,(H,68,71)/b15-13-,20-19-,33-18-. The fourth-order valence-corrected chi connectivity index (χ4v) is 10.1. The number of rotatable bonds is 61. The van der Waals surface area contributed by atoms with Crippen molar-refractivity contribution in [3.8, 4) is 0 Å². The smallest absolute Gasteiger partial charge is 0.305 e. The maximum absolute atomic E-state index is 12.5. The van der Waals surface area contributed by atoms with E-state index in [1.807, 2.05) is 0 Å². The van der Waals surface area contributed by atoms with Crippen LogP contribution >= 0.6 is 0 Å². The molecule has 0 aliphatic heterocycles. The zero-order valence-corrected chi connectivity index (χ0v) is 49.1. The Morgan fingerprint density at radius 1 is 0.384 bits per heavy atom. The molecule has 0 aliphatic rings. The number of carbonyl (C=O) groups excluding carboxylic acids is 2. The third-order valence-corrected chi connectivity index (χ3v) is 15.2. The van der Waals surface area contributed by atoms with E-state index in [4.69, 9.17) is 4.74 Å². The number of carbonyl (C=O) groups is 2. The van der Waals surface area contributed by atoms with E-state index >= 15 is 0 Å². The first-order chi connectivity index (χ1) is 36.0. The van der Waals surface area contributed by atoms with Crippen LogP contribution in [0.2, 0.25) is 0 Å². The van der Waals surface area contributed by atoms with Gasteiger partial charge < -0.3 is 20.3 Å². The number of allylic oxidation sites excluding steroid dienone is 6. The average molecular weight is 1030 g/mol. The van der Waals surface area contributed by atoms with Crippen LogP contribution < -0.4 is 5.32 Å². The predicted molar refractivity (Wildman–Crippen MR) is 319 cm³/mol. The first-order valence-electron chi connectivity index (χ1n) is 32.7. The van der Waals surface area contributed by atoms with E-state index in [1.54, 1.807) is 0 Å². The molecule has 0 aromatic rings. The lowest BCUT2D eigenvalue weighted by molar-refractivity contribution is -0.143. The Balaban J connectivity index is 3.38. The van der Waals surface area contributed by atoms with Crippen LogP contribution in [0, 0.1) is 0 Å². The number of esters is 1. The monoisotopic (exact) mass is 1030 g/mol. The molecular weight excluding hydrogens is 899 g/mol. The van der Waals surface area contributed by atoms with Crippen molar-refractivity contribution in [1.82, 2.24) is 5.32 Å². The summed E-state index contributed by atoms with van der Waals surface area (Å²) in [5.41, 5.74) is 0. The molecule has 0 aromatic heterocycles. The van der Waals surface area contributed by atoms with Crippen LogP contribution in [-0.2, 0) is 14.3 Å². The first kappa shape index (κ1) is 71.1. The summed E-state index contributed by atoms with van der Waals surface area (Å²) in [5.74, 6) is -0.0331. The molecule has 0 saturated heterocycles. The SMILES string of the molecule is CCCCCC/C=C\C/C=C\CCCCCCCC(=O)OCCCCCCCCCCCCCC/C=C\CCCCCCCCCCCCCC(=O)NC(CO)C(O)CCCCCCCCCCCCCCC. The molecule has 2 unspecified atom stereocenters. The van der Waals surface area contributed by atoms with Crippen LogP contribution in [0.25, 0.3) is 0 Å². The fourth-order valence-electron chi connectivity index (χ4n) is 10.1. The van der Waals surface area contributed by atoms with Gasteiger partial charge in [0.1, 0.15) is 0 Å². The summed E-state index contributed by atoms with van der Waals surface area (Å²) >= 11 is 0. The topological polar surface area (TPSA) is 95.9 Å². The second kappa shape index (κ2) is 62.6. The van der Waals surface area contributed by atoms with Gasteiger partial charge in [0.2, 0.25) is 5.91 Å². The van der Waals surface area contributed by atoms with Gasteiger partial charge in [0.05, 0.1) is 25.4 Å². The van der Waals surface area contributed by atoms with Gasteiger partial charge in [-0.15, -0.1) is 0 Å². The third kappa shape index (κ3) is 59.2. The van der Waals surface area contributed by atoms with Crippen LogP contribution in [0.15, 0.2) is 36.5 Å². The van der Waals surface area contributed by atoms with Crippen molar-refractivity contribution in [2.24, 2.45) is 0 Å². The van der Waals surface area contributed by atoms with Crippen molar-refractivity contribution >= 4 is 11.9 Å². The highest BCUT2D eigenvalue weighted by Gasteiger charge is 2.20. The van der Waals surface area contributed by atoms with E-state index < -0.39 is 12.1 Å². The van der Waals surface area contributed by atoms with Gasteiger partial charge >= 0.3 is 5.97 Å². The third-order valence-electron chi connectivity index (χ3n) is 15.2.